The second kappa shape index (κ2) is 8.57. The molecule has 0 radical (unpaired) electrons. The zero-order valence-corrected chi connectivity index (χ0v) is 17.4. The smallest absolute Gasteiger partial charge is 0.264 e. The highest BCUT2D eigenvalue weighted by molar-refractivity contribution is 7.92. The molecule has 0 aliphatic heterocycles. The molecule has 146 valence electrons. The van der Waals surface area contributed by atoms with Crippen LogP contribution in [0.5, 0.6) is 0 Å². The number of nitrogens with one attached hydrogen (secondary N) is 1. The van der Waals surface area contributed by atoms with Gasteiger partial charge in [0.1, 0.15) is 6.54 Å². The molecule has 0 aliphatic rings. The van der Waals surface area contributed by atoms with Crippen molar-refractivity contribution in [1.82, 2.24) is 5.32 Å². The Morgan fingerprint density at radius 3 is 2.26 bits per heavy atom. The molecule has 1 amide bonds. The Hall–Kier alpha value is -2.34. The van der Waals surface area contributed by atoms with Gasteiger partial charge in [0, 0.05) is 6.04 Å². The molecule has 27 heavy (non-hydrogen) atoms. The number of hydrogen-bond acceptors (Lipinski definition) is 3. The lowest BCUT2D eigenvalue weighted by Crippen LogP contribution is -2.45. The first-order chi connectivity index (χ1) is 12.6. The summed E-state index contributed by atoms with van der Waals surface area (Å²) < 4.78 is 27.8. The summed E-state index contributed by atoms with van der Waals surface area (Å²) in [6, 6.07) is 13.7. The first kappa shape index (κ1) is 21.0. The minimum atomic E-state index is -3.87. The summed E-state index contributed by atoms with van der Waals surface area (Å²) in [6.07, 6.45) is 0. The predicted molar refractivity (Wildman–Crippen MR) is 109 cm³/mol. The van der Waals surface area contributed by atoms with Crippen LogP contribution >= 0.6 is 0 Å². The molecule has 0 fully saturated rings. The number of rotatable bonds is 7. The fourth-order valence-corrected chi connectivity index (χ4v) is 4.10. The first-order valence-corrected chi connectivity index (χ1v) is 10.5. The monoisotopic (exact) mass is 388 g/mol. The largest absolute Gasteiger partial charge is 0.352 e. The molecule has 0 saturated carbocycles. The lowest BCUT2D eigenvalue weighted by molar-refractivity contribution is -0.120. The molecule has 1 N–H and O–H groups in total. The lowest BCUT2D eigenvalue weighted by Gasteiger charge is -2.27. The second-order valence-electron chi connectivity index (χ2n) is 7.21. The topological polar surface area (TPSA) is 66.5 Å². The van der Waals surface area contributed by atoms with Crippen LogP contribution in [0, 0.1) is 19.8 Å². The van der Waals surface area contributed by atoms with E-state index in [4.69, 9.17) is 0 Å². The summed E-state index contributed by atoms with van der Waals surface area (Å²) in [5, 5.41) is 2.89. The van der Waals surface area contributed by atoms with Crippen LogP contribution in [-0.4, -0.2) is 26.9 Å². The minimum Gasteiger partial charge on any atom is -0.352 e. The Morgan fingerprint density at radius 1 is 1.04 bits per heavy atom. The molecule has 0 saturated heterocycles. The third-order valence-electron chi connectivity index (χ3n) is 4.64. The Balaban J connectivity index is 2.46. The number of amides is 1. The van der Waals surface area contributed by atoms with Gasteiger partial charge >= 0.3 is 0 Å². The molecule has 0 bridgehead atoms. The van der Waals surface area contributed by atoms with Crippen molar-refractivity contribution in [1.29, 1.82) is 0 Å². The van der Waals surface area contributed by atoms with Gasteiger partial charge in [-0.25, -0.2) is 8.42 Å². The van der Waals surface area contributed by atoms with Gasteiger partial charge < -0.3 is 5.32 Å². The molecule has 2 rings (SSSR count). The van der Waals surface area contributed by atoms with Crippen LogP contribution in [0.2, 0.25) is 0 Å². The van der Waals surface area contributed by atoms with Crippen molar-refractivity contribution in [2.45, 2.75) is 45.6 Å². The van der Waals surface area contributed by atoms with E-state index in [0.717, 1.165) is 11.1 Å². The van der Waals surface area contributed by atoms with Crippen LogP contribution in [0.25, 0.3) is 0 Å². The van der Waals surface area contributed by atoms with E-state index in [1.54, 1.807) is 36.4 Å². The van der Waals surface area contributed by atoms with Crippen LogP contribution in [0.15, 0.2) is 53.4 Å². The SMILES string of the molecule is Cc1ccc(C)c(N(CC(=O)N[C@@H](C)C(C)C)S(=O)(=O)c2ccccc2)c1. The number of anilines is 1. The third-order valence-corrected chi connectivity index (χ3v) is 6.41. The summed E-state index contributed by atoms with van der Waals surface area (Å²) >= 11 is 0. The normalized spacial score (nSPS) is 12.7. The quantitative estimate of drug-likeness (QED) is 0.787. The van der Waals surface area contributed by atoms with E-state index in [1.807, 2.05) is 46.8 Å². The zero-order valence-electron chi connectivity index (χ0n) is 16.6. The Bertz CT molecular complexity index is 893. The van der Waals surface area contributed by atoms with Crippen LogP contribution < -0.4 is 9.62 Å². The standard InChI is InChI=1S/C21H28N2O3S/c1-15(2)18(5)22-21(24)14-23(20-13-16(3)11-12-17(20)4)27(25,26)19-9-7-6-8-10-19/h6-13,15,18H,14H2,1-5H3,(H,22,24)/t18-/m0/s1. The average Bonchev–Trinajstić information content (AvgIpc) is 2.62. The van der Waals surface area contributed by atoms with Gasteiger partial charge in [0.05, 0.1) is 10.6 Å². The van der Waals surface area contributed by atoms with Crippen molar-refractivity contribution in [2.24, 2.45) is 5.92 Å². The molecular formula is C21H28N2O3S. The maximum Gasteiger partial charge on any atom is 0.264 e. The van der Waals surface area contributed by atoms with E-state index in [-0.39, 0.29) is 29.3 Å². The zero-order chi connectivity index (χ0) is 20.2. The second-order valence-corrected chi connectivity index (χ2v) is 9.08. The van der Waals surface area contributed by atoms with Crippen molar-refractivity contribution in [3.63, 3.8) is 0 Å². The lowest BCUT2D eigenvalue weighted by atomic mass is 10.1. The molecule has 0 spiro atoms. The van der Waals surface area contributed by atoms with E-state index < -0.39 is 10.0 Å². The van der Waals surface area contributed by atoms with Crippen molar-refractivity contribution in [3.05, 3.63) is 59.7 Å². The van der Waals surface area contributed by atoms with Crippen LogP contribution in [0.3, 0.4) is 0 Å². The summed E-state index contributed by atoms with van der Waals surface area (Å²) in [7, 11) is -3.87. The highest BCUT2D eigenvalue weighted by atomic mass is 32.2. The third kappa shape index (κ3) is 5.10. The van der Waals surface area contributed by atoms with Crippen LogP contribution in [-0.2, 0) is 14.8 Å². The first-order valence-electron chi connectivity index (χ1n) is 9.07. The average molecular weight is 389 g/mol. The van der Waals surface area contributed by atoms with E-state index in [2.05, 4.69) is 5.32 Å². The van der Waals surface area contributed by atoms with Crippen molar-refractivity contribution in [3.8, 4) is 0 Å². The van der Waals surface area contributed by atoms with Gasteiger partial charge in [-0.3, -0.25) is 9.10 Å². The molecule has 2 aromatic carbocycles. The maximum atomic E-state index is 13.3. The molecule has 6 heteroatoms. The highest BCUT2D eigenvalue weighted by Crippen LogP contribution is 2.27. The van der Waals surface area contributed by atoms with Crippen molar-refractivity contribution < 1.29 is 13.2 Å². The van der Waals surface area contributed by atoms with Gasteiger partial charge in [0.2, 0.25) is 5.91 Å². The summed E-state index contributed by atoms with van der Waals surface area (Å²) in [4.78, 5) is 12.8. The predicted octanol–water partition coefficient (Wildman–Crippen LogP) is 3.66. The fraction of sp³-hybridized carbons (Fsp3) is 0.381. The minimum absolute atomic E-state index is 0.0441. The Labute approximate surface area is 162 Å². The van der Waals surface area contributed by atoms with Crippen molar-refractivity contribution >= 4 is 21.6 Å². The molecule has 0 aromatic heterocycles. The fourth-order valence-electron chi connectivity index (χ4n) is 2.60. The number of carbonyl (C=O) groups is 1. The highest BCUT2D eigenvalue weighted by Gasteiger charge is 2.28. The molecule has 0 heterocycles. The number of aryl methyl sites for hydroxylation is 2. The number of benzene rings is 2. The number of hydrogen-bond donors (Lipinski definition) is 1. The van der Waals surface area contributed by atoms with Crippen LogP contribution in [0.4, 0.5) is 5.69 Å². The van der Waals surface area contributed by atoms with Gasteiger partial charge in [-0.15, -0.1) is 0 Å². The molecule has 5 nitrogen and oxygen atoms in total. The summed E-state index contributed by atoms with van der Waals surface area (Å²) in [5.41, 5.74) is 2.25. The number of sulfonamides is 1. The number of nitrogens with zero attached hydrogens (tertiary/aromatic N) is 1. The van der Waals surface area contributed by atoms with E-state index >= 15 is 0 Å². The Morgan fingerprint density at radius 2 is 1.67 bits per heavy atom. The van der Waals surface area contributed by atoms with Crippen LogP contribution in [0.1, 0.15) is 31.9 Å². The maximum absolute atomic E-state index is 13.3. The van der Waals surface area contributed by atoms with E-state index in [1.165, 1.54) is 4.31 Å². The van der Waals surface area contributed by atoms with Gasteiger partial charge in [-0.1, -0.05) is 44.2 Å². The molecule has 2 aromatic rings. The molecule has 1 atom stereocenters. The van der Waals surface area contributed by atoms with Crippen molar-refractivity contribution in [2.75, 3.05) is 10.8 Å². The summed E-state index contributed by atoms with van der Waals surface area (Å²) in [5.74, 6) is -0.0644. The van der Waals surface area contributed by atoms with Gasteiger partial charge in [0.25, 0.3) is 10.0 Å². The van der Waals surface area contributed by atoms with Gasteiger partial charge in [0.15, 0.2) is 0 Å². The van der Waals surface area contributed by atoms with E-state index in [9.17, 15) is 13.2 Å². The Kier molecular flexibility index (Phi) is 6.65. The van der Waals surface area contributed by atoms with Gasteiger partial charge in [-0.2, -0.15) is 0 Å². The number of carbonyl (C=O) groups excluding carboxylic acids is 1. The summed E-state index contributed by atoms with van der Waals surface area (Å²) in [6.45, 7) is 9.41. The molecule has 0 unspecified atom stereocenters. The van der Waals surface area contributed by atoms with E-state index in [0.29, 0.717) is 5.69 Å². The molecular weight excluding hydrogens is 360 g/mol. The van der Waals surface area contributed by atoms with Gasteiger partial charge in [-0.05, 0) is 56.0 Å². The molecule has 0 aliphatic carbocycles.